The van der Waals surface area contributed by atoms with Crippen LogP contribution in [0.4, 0.5) is 0 Å². The summed E-state index contributed by atoms with van der Waals surface area (Å²) in [4.78, 5) is 40.0. The minimum Gasteiger partial charge on any atom is -0.465 e. The van der Waals surface area contributed by atoms with Gasteiger partial charge in [0.05, 0.1) is 12.7 Å². The normalized spacial score (nSPS) is 12.6. The monoisotopic (exact) mass is 317 g/mol. The number of amides is 1. The molecule has 0 aliphatic heterocycles. The number of methoxy groups -OCH3 is 1. The van der Waals surface area contributed by atoms with Crippen LogP contribution in [-0.4, -0.2) is 34.9 Å². The van der Waals surface area contributed by atoms with Gasteiger partial charge in [-0.05, 0) is 24.6 Å². The number of ether oxygens (including phenoxy) is 1. The molecule has 1 aromatic rings. The molecule has 0 aliphatic carbocycles. The Morgan fingerprint density at radius 2 is 1.86 bits per heavy atom. The highest BCUT2D eigenvalue weighted by molar-refractivity contribution is 7.46. The van der Waals surface area contributed by atoms with E-state index in [0.29, 0.717) is 11.1 Å². The molecule has 1 amide bonds. The van der Waals surface area contributed by atoms with Gasteiger partial charge in [0.1, 0.15) is 6.10 Å². The fraction of sp³-hybridized carbons (Fsp3) is 0.333. The number of phosphoric acid groups is 1. The number of hydrogen-bond donors (Lipinski definition) is 3. The quantitative estimate of drug-likeness (QED) is 0.518. The Morgan fingerprint density at radius 3 is 2.33 bits per heavy atom. The van der Waals surface area contributed by atoms with E-state index in [1.165, 1.54) is 14.0 Å². The molecule has 0 saturated carbocycles. The SMILES string of the molecule is COC(=O)c1ccc(CNC(=O)[C@H](C)OP(=O)(O)O)cc1. The zero-order valence-electron chi connectivity index (χ0n) is 11.5. The first-order chi connectivity index (χ1) is 9.73. The van der Waals surface area contributed by atoms with Crippen molar-refractivity contribution in [1.82, 2.24) is 5.32 Å². The molecule has 0 spiro atoms. The predicted octanol–water partition coefficient (Wildman–Crippen LogP) is 0.587. The lowest BCUT2D eigenvalue weighted by Crippen LogP contribution is -2.33. The van der Waals surface area contributed by atoms with Crippen LogP contribution >= 0.6 is 7.82 Å². The van der Waals surface area contributed by atoms with Gasteiger partial charge in [-0.3, -0.25) is 9.32 Å². The van der Waals surface area contributed by atoms with Crippen molar-refractivity contribution >= 4 is 19.7 Å². The van der Waals surface area contributed by atoms with Gasteiger partial charge in [0.25, 0.3) is 0 Å². The number of benzene rings is 1. The van der Waals surface area contributed by atoms with Gasteiger partial charge in [0.15, 0.2) is 0 Å². The lowest BCUT2D eigenvalue weighted by atomic mass is 10.1. The number of nitrogens with one attached hydrogen (secondary N) is 1. The van der Waals surface area contributed by atoms with E-state index in [1.54, 1.807) is 24.3 Å². The maximum atomic E-state index is 11.6. The molecule has 1 aromatic carbocycles. The first kappa shape index (κ1) is 17.3. The first-order valence-electron chi connectivity index (χ1n) is 5.92. The second kappa shape index (κ2) is 7.33. The van der Waals surface area contributed by atoms with Crippen molar-refractivity contribution in [3.05, 3.63) is 35.4 Å². The van der Waals surface area contributed by atoms with Crippen molar-refractivity contribution < 1.29 is 33.2 Å². The van der Waals surface area contributed by atoms with Gasteiger partial charge in [0, 0.05) is 6.54 Å². The zero-order chi connectivity index (χ0) is 16.0. The minimum absolute atomic E-state index is 0.134. The highest BCUT2D eigenvalue weighted by Gasteiger charge is 2.23. The molecule has 21 heavy (non-hydrogen) atoms. The van der Waals surface area contributed by atoms with E-state index in [-0.39, 0.29) is 6.54 Å². The van der Waals surface area contributed by atoms with Crippen LogP contribution in [0.2, 0.25) is 0 Å². The number of phosphoric ester groups is 1. The first-order valence-corrected chi connectivity index (χ1v) is 7.45. The molecule has 0 saturated heterocycles. The molecule has 8 nitrogen and oxygen atoms in total. The van der Waals surface area contributed by atoms with Crippen molar-refractivity contribution in [1.29, 1.82) is 0 Å². The molecular weight excluding hydrogens is 301 g/mol. The summed E-state index contributed by atoms with van der Waals surface area (Å²) in [5.41, 5.74) is 1.09. The third kappa shape index (κ3) is 6.05. The average molecular weight is 317 g/mol. The summed E-state index contributed by atoms with van der Waals surface area (Å²) in [6.45, 7) is 1.37. The molecule has 0 heterocycles. The third-order valence-electron chi connectivity index (χ3n) is 2.51. The molecule has 1 atom stereocenters. The van der Waals surface area contributed by atoms with E-state index in [0.717, 1.165) is 0 Å². The maximum absolute atomic E-state index is 11.6. The average Bonchev–Trinajstić information content (AvgIpc) is 2.42. The standard InChI is InChI=1S/C12H16NO7P/c1-8(20-21(16,17)18)11(14)13-7-9-3-5-10(6-4-9)12(15)19-2/h3-6,8H,7H2,1-2H3,(H,13,14)(H2,16,17,18)/t8-/m0/s1. The predicted molar refractivity (Wildman–Crippen MR) is 72.2 cm³/mol. The van der Waals surface area contributed by atoms with Gasteiger partial charge >= 0.3 is 13.8 Å². The maximum Gasteiger partial charge on any atom is 0.470 e. The molecular formula is C12H16NO7P. The molecule has 9 heteroatoms. The summed E-state index contributed by atoms with van der Waals surface area (Å²) in [5, 5.41) is 2.46. The minimum atomic E-state index is -4.70. The van der Waals surface area contributed by atoms with E-state index in [9.17, 15) is 14.2 Å². The van der Waals surface area contributed by atoms with Crippen molar-refractivity contribution in [2.45, 2.75) is 19.6 Å². The Bertz CT molecular complexity index is 551. The van der Waals surface area contributed by atoms with Crippen molar-refractivity contribution in [3.63, 3.8) is 0 Å². The molecule has 1 rings (SSSR count). The molecule has 116 valence electrons. The van der Waals surface area contributed by atoms with E-state index < -0.39 is 25.8 Å². The van der Waals surface area contributed by atoms with Crippen LogP contribution in [0.15, 0.2) is 24.3 Å². The molecule has 0 aromatic heterocycles. The van der Waals surface area contributed by atoms with E-state index in [4.69, 9.17) is 9.79 Å². The summed E-state index contributed by atoms with van der Waals surface area (Å²) in [5.74, 6) is -1.12. The smallest absolute Gasteiger partial charge is 0.465 e. The fourth-order valence-electron chi connectivity index (χ4n) is 1.46. The Labute approximate surface area is 121 Å². The third-order valence-corrected chi connectivity index (χ3v) is 3.10. The second-order valence-electron chi connectivity index (χ2n) is 4.14. The molecule has 0 aliphatic rings. The summed E-state index contributed by atoms with van der Waals surface area (Å²) >= 11 is 0. The van der Waals surface area contributed by atoms with Crippen LogP contribution in [0.25, 0.3) is 0 Å². The van der Waals surface area contributed by atoms with Crippen LogP contribution in [0.5, 0.6) is 0 Å². The lowest BCUT2D eigenvalue weighted by Gasteiger charge is -2.13. The molecule has 0 unspecified atom stereocenters. The van der Waals surface area contributed by atoms with E-state index in [2.05, 4.69) is 14.6 Å². The van der Waals surface area contributed by atoms with Crippen molar-refractivity contribution in [2.75, 3.05) is 7.11 Å². The summed E-state index contributed by atoms with van der Waals surface area (Å²) in [6.07, 6.45) is -1.28. The highest BCUT2D eigenvalue weighted by atomic mass is 31.2. The van der Waals surface area contributed by atoms with Gasteiger partial charge in [-0.2, -0.15) is 0 Å². The Balaban J connectivity index is 2.53. The number of esters is 1. The summed E-state index contributed by atoms with van der Waals surface area (Å²) in [6, 6.07) is 6.34. The van der Waals surface area contributed by atoms with Gasteiger partial charge in [-0.1, -0.05) is 12.1 Å². The van der Waals surface area contributed by atoms with E-state index >= 15 is 0 Å². The number of hydrogen-bond acceptors (Lipinski definition) is 5. The van der Waals surface area contributed by atoms with Crippen LogP contribution in [0, 0.1) is 0 Å². The fourth-order valence-corrected chi connectivity index (χ4v) is 1.97. The van der Waals surface area contributed by atoms with Gasteiger partial charge < -0.3 is 19.8 Å². The van der Waals surface area contributed by atoms with Crippen LogP contribution in [0.1, 0.15) is 22.8 Å². The Kier molecular flexibility index (Phi) is 6.04. The lowest BCUT2D eigenvalue weighted by molar-refractivity contribution is -0.128. The van der Waals surface area contributed by atoms with Crippen molar-refractivity contribution in [3.8, 4) is 0 Å². The van der Waals surface area contributed by atoms with Crippen LogP contribution in [0.3, 0.4) is 0 Å². The van der Waals surface area contributed by atoms with Gasteiger partial charge in [0.2, 0.25) is 5.91 Å². The number of carbonyl (C=O) groups excluding carboxylic acids is 2. The molecule has 3 N–H and O–H groups in total. The van der Waals surface area contributed by atoms with Gasteiger partial charge in [-0.15, -0.1) is 0 Å². The number of rotatable bonds is 6. The second-order valence-corrected chi connectivity index (χ2v) is 5.34. The summed E-state index contributed by atoms with van der Waals surface area (Å²) < 4.78 is 19.4. The Hall–Kier alpha value is -1.73. The van der Waals surface area contributed by atoms with Crippen LogP contribution < -0.4 is 5.32 Å². The number of carbonyl (C=O) groups is 2. The largest absolute Gasteiger partial charge is 0.470 e. The molecule has 0 radical (unpaired) electrons. The van der Waals surface area contributed by atoms with Crippen LogP contribution in [-0.2, 0) is 25.2 Å². The topological polar surface area (TPSA) is 122 Å². The Morgan fingerprint density at radius 1 is 1.29 bits per heavy atom. The molecule has 0 fully saturated rings. The summed E-state index contributed by atoms with van der Waals surface area (Å²) in [7, 11) is -3.43. The zero-order valence-corrected chi connectivity index (χ0v) is 12.4. The highest BCUT2D eigenvalue weighted by Crippen LogP contribution is 2.37. The van der Waals surface area contributed by atoms with Gasteiger partial charge in [-0.25, -0.2) is 9.36 Å². The van der Waals surface area contributed by atoms with E-state index in [1.807, 2.05) is 0 Å². The van der Waals surface area contributed by atoms with Crippen molar-refractivity contribution in [2.24, 2.45) is 0 Å². The molecule has 0 bridgehead atoms.